The van der Waals surface area contributed by atoms with Crippen molar-refractivity contribution in [3.63, 3.8) is 0 Å². The van der Waals surface area contributed by atoms with Gasteiger partial charge in [-0.05, 0) is 42.7 Å². The molecule has 23 heavy (non-hydrogen) atoms. The molecule has 1 aliphatic heterocycles. The van der Waals surface area contributed by atoms with E-state index in [1.165, 1.54) is 0 Å². The molecule has 0 bridgehead atoms. The number of amides is 2. The Morgan fingerprint density at radius 2 is 2.00 bits per heavy atom. The van der Waals surface area contributed by atoms with Crippen LogP contribution in [0.4, 0.5) is 10.5 Å². The zero-order valence-electron chi connectivity index (χ0n) is 13.0. The molecule has 1 saturated heterocycles. The third kappa shape index (κ3) is 4.53. The average Bonchev–Trinajstić information content (AvgIpc) is 3.09. The molecule has 5 heteroatoms. The molecule has 1 aromatic heterocycles. The molecule has 0 aliphatic carbocycles. The van der Waals surface area contributed by atoms with Crippen LogP contribution in [0.3, 0.4) is 0 Å². The second kappa shape index (κ2) is 7.74. The number of ether oxygens (including phenoxy) is 1. The van der Waals surface area contributed by atoms with E-state index in [0.717, 1.165) is 30.7 Å². The molecule has 0 radical (unpaired) electrons. The summed E-state index contributed by atoms with van der Waals surface area (Å²) in [6.07, 6.45) is 5.68. The van der Waals surface area contributed by atoms with Crippen molar-refractivity contribution in [2.24, 2.45) is 0 Å². The smallest absolute Gasteiger partial charge is 0.322 e. The van der Waals surface area contributed by atoms with Crippen LogP contribution in [0.2, 0.25) is 0 Å². The number of carbonyl (C=O) groups excluding carboxylic acids is 1. The van der Waals surface area contributed by atoms with E-state index in [4.69, 9.17) is 4.74 Å². The number of para-hydroxylation sites is 1. The number of rotatable bonds is 5. The second-order valence-corrected chi connectivity index (χ2v) is 5.67. The van der Waals surface area contributed by atoms with Crippen LogP contribution in [0.15, 0.2) is 54.9 Å². The first-order chi connectivity index (χ1) is 11.3. The van der Waals surface area contributed by atoms with E-state index in [1.54, 1.807) is 17.3 Å². The van der Waals surface area contributed by atoms with E-state index in [-0.39, 0.29) is 12.1 Å². The van der Waals surface area contributed by atoms with Gasteiger partial charge in [0.25, 0.3) is 0 Å². The zero-order valence-corrected chi connectivity index (χ0v) is 13.0. The maximum Gasteiger partial charge on any atom is 0.322 e. The molecule has 1 atom stereocenters. The van der Waals surface area contributed by atoms with Gasteiger partial charge in [0.1, 0.15) is 0 Å². The average molecular weight is 311 g/mol. The molecule has 1 fully saturated rings. The summed E-state index contributed by atoms with van der Waals surface area (Å²) in [4.78, 5) is 18.5. The van der Waals surface area contributed by atoms with Crippen molar-refractivity contribution in [2.75, 3.05) is 18.5 Å². The summed E-state index contributed by atoms with van der Waals surface area (Å²) < 4.78 is 5.69. The summed E-state index contributed by atoms with van der Waals surface area (Å²) in [6, 6.07) is 13.3. The van der Waals surface area contributed by atoms with Crippen LogP contribution in [0, 0.1) is 0 Å². The lowest BCUT2D eigenvalue weighted by atomic mass is 10.2. The first-order valence-electron chi connectivity index (χ1n) is 7.93. The topological polar surface area (TPSA) is 54.5 Å². The minimum absolute atomic E-state index is 0.108. The van der Waals surface area contributed by atoms with Gasteiger partial charge >= 0.3 is 6.03 Å². The minimum atomic E-state index is -0.108. The number of nitrogens with one attached hydrogen (secondary N) is 1. The molecule has 0 unspecified atom stereocenters. The van der Waals surface area contributed by atoms with Gasteiger partial charge in [-0.1, -0.05) is 18.2 Å². The number of hydrogen-bond acceptors (Lipinski definition) is 3. The largest absolute Gasteiger partial charge is 0.376 e. The van der Waals surface area contributed by atoms with E-state index in [9.17, 15) is 4.79 Å². The first kappa shape index (κ1) is 15.5. The number of nitrogens with zero attached hydrogens (tertiary/aromatic N) is 2. The van der Waals surface area contributed by atoms with E-state index < -0.39 is 0 Å². The van der Waals surface area contributed by atoms with E-state index in [2.05, 4.69) is 10.3 Å². The normalized spacial score (nSPS) is 17.0. The number of urea groups is 1. The Morgan fingerprint density at radius 3 is 2.70 bits per heavy atom. The fraction of sp³-hybridized carbons (Fsp3) is 0.333. The van der Waals surface area contributed by atoms with Crippen molar-refractivity contribution in [3.8, 4) is 0 Å². The SMILES string of the molecule is O=C(Nc1ccccc1)N(Cc1ccncc1)C[C@H]1CCCO1. The zero-order chi connectivity index (χ0) is 15.9. The fourth-order valence-electron chi connectivity index (χ4n) is 2.69. The Balaban J connectivity index is 1.69. The van der Waals surface area contributed by atoms with Gasteiger partial charge in [-0.25, -0.2) is 4.79 Å². The van der Waals surface area contributed by atoms with Crippen molar-refractivity contribution in [1.29, 1.82) is 0 Å². The van der Waals surface area contributed by atoms with Gasteiger partial charge in [-0.2, -0.15) is 0 Å². The molecule has 1 aliphatic rings. The van der Waals surface area contributed by atoms with E-state index in [1.807, 2.05) is 42.5 Å². The summed E-state index contributed by atoms with van der Waals surface area (Å²) in [5.74, 6) is 0. The van der Waals surface area contributed by atoms with Crippen LogP contribution < -0.4 is 5.32 Å². The summed E-state index contributed by atoms with van der Waals surface area (Å²) >= 11 is 0. The van der Waals surface area contributed by atoms with Gasteiger partial charge in [0, 0.05) is 37.8 Å². The third-order valence-electron chi connectivity index (χ3n) is 3.88. The van der Waals surface area contributed by atoms with Gasteiger partial charge in [0.15, 0.2) is 0 Å². The number of anilines is 1. The van der Waals surface area contributed by atoms with E-state index in [0.29, 0.717) is 13.1 Å². The minimum Gasteiger partial charge on any atom is -0.376 e. The molecular weight excluding hydrogens is 290 g/mol. The maximum absolute atomic E-state index is 12.6. The van der Waals surface area contributed by atoms with E-state index >= 15 is 0 Å². The molecular formula is C18H21N3O2. The molecule has 5 nitrogen and oxygen atoms in total. The summed E-state index contributed by atoms with van der Waals surface area (Å²) in [6.45, 7) is 1.93. The lowest BCUT2D eigenvalue weighted by molar-refractivity contribution is 0.0819. The highest BCUT2D eigenvalue weighted by Crippen LogP contribution is 2.16. The number of pyridine rings is 1. The molecule has 2 heterocycles. The van der Waals surface area contributed by atoms with Crippen LogP contribution in [0.25, 0.3) is 0 Å². The Labute approximate surface area is 136 Å². The second-order valence-electron chi connectivity index (χ2n) is 5.67. The Hall–Kier alpha value is -2.40. The predicted octanol–water partition coefficient (Wildman–Crippen LogP) is 3.29. The van der Waals surface area contributed by atoms with Gasteiger partial charge in [-0.3, -0.25) is 4.98 Å². The van der Waals surface area contributed by atoms with Crippen molar-refractivity contribution < 1.29 is 9.53 Å². The number of aromatic nitrogens is 1. The molecule has 3 rings (SSSR count). The number of carbonyl (C=O) groups is 1. The van der Waals surface area contributed by atoms with Crippen LogP contribution in [0.1, 0.15) is 18.4 Å². The number of hydrogen-bond donors (Lipinski definition) is 1. The first-order valence-corrected chi connectivity index (χ1v) is 7.93. The standard InChI is InChI=1S/C18H21N3O2/c22-18(20-16-5-2-1-3-6-16)21(14-17-7-4-12-23-17)13-15-8-10-19-11-9-15/h1-3,5-6,8-11,17H,4,7,12-14H2,(H,20,22)/t17-/m1/s1. The summed E-state index contributed by atoms with van der Waals surface area (Å²) in [7, 11) is 0. The Kier molecular flexibility index (Phi) is 5.21. The van der Waals surface area contributed by atoms with Gasteiger partial charge < -0.3 is 15.0 Å². The van der Waals surface area contributed by atoms with Crippen LogP contribution in [0.5, 0.6) is 0 Å². The summed E-state index contributed by atoms with van der Waals surface area (Å²) in [5.41, 5.74) is 1.85. The third-order valence-corrected chi connectivity index (χ3v) is 3.88. The van der Waals surface area contributed by atoms with Crippen LogP contribution in [-0.4, -0.2) is 35.2 Å². The van der Waals surface area contributed by atoms with Crippen molar-refractivity contribution in [3.05, 3.63) is 60.4 Å². The Morgan fingerprint density at radius 1 is 1.22 bits per heavy atom. The van der Waals surface area contributed by atoms with Crippen molar-refractivity contribution >= 4 is 11.7 Å². The molecule has 0 saturated carbocycles. The lowest BCUT2D eigenvalue weighted by Crippen LogP contribution is -2.39. The molecule has 2 aromatic rings. The predicted molar refractivity (Wildman–Crippen MR) is 89.1 cm³/mol. The van der Waals surface area contributed by atoms with Crippen molar-refractivity contribution in [1.82, 2.24) is 9.88 Å². The van der Waals surface area contributed by atoms with Crippen LogP contribution in [-0.2, 0) is 11.3 Å². The molecule has 1 N–H and O–H groups in total. The maximum atomic E-state index is 12.6. The number of benzene rings is 1. The monoisotopic (exact) mass is 311 g/mol. The van der Waals surface area contributed by atoms with Gasteiger partial charge in [0.2, 0.25) is 0 Å². The van der Waals surface area contributed by atoms with Gasteiger partial charge in [0.05, 0.1) is 6.10 Å². The Bertz CT molecular complexity index is 613. The van der Waals surface area contributed by atoms with Crippen LogP contribution >= 0.6 is 0 Å². The van der Waals surface area contributed by atoms with Gasteiger partial charge in [-0.15, -0.1) is 0 Å². The highest BCUT2D eigenvalue weighted by Gasteiger charge is 2.22. The summed E-state index contributed by atoms with van der Waals surface area (Å²) in [5, 5.41) is 2.95. The molecule has 120 valence electrons. The van der Waals surface area contributed by atoms with Crippen molar-refractivity contribution in [2.45, 2.75) is 25.5 Å². The molecule has 0 spiro atoms. The quantitative estimate of drug-likeness (QED) is 0.922. The fourth-order valence-corrected chi connectivity index (χ4v) is 2.69. The molecule has 1 aromatic carbocycles. The molecule has 2 amide bonds. The highest BCUT2D eigenvalue weighted by atomic mass is 16.5. The highest BCUT2D eigenvalue weighted by molar-refractivity contribution is 5.89. The lowest BCUT2D eigenvalue weighted by Gasteiger charge is -2.26.